The van der Waals surface area contributed by atoms with Gasteiger partial charge in [-0.3, -0.25) is 0 Å². The zero-order chi connectivity index (χ0) is 14.4. The highest BCUT2D eigenvalue weighted by Crippen LogP contribution is 2.12. The molecule has 1 aromatic carbocycles. The Morgan fingerprint density at radius 3 is 2.45 bits per heavy atom. The van der Waals surface area contributed by atoms with Crippen LogP contribution < -0.4 is 10.6 Å². The molecular weight excluding hydrogens is 262 g/mol. The zero-order valence-corrected chi connectivity index (χ0v) is 11.2. The van der Waals surface area contributed by atoms with E-state index in [1.165, 1.54) is 18.5 Å². The van der Waals surface area contributed by atoms with Crippen molar-refractivity contribution >= 4 is 11.6 Å². The summed E-state index contributed by atoms with van der Waals surface area (Å²) in [5, 5.41) is 6.19. The van der Waals surface area contributed by atoms with Gasteiger partial charge in [-0.05, 0) is 24.1 Å². The molecule has 1 heterocycles. The van der Waals surface area contributed by atoms with Crippen LogP contribution in [0.3, 0.4) is 0 Å². The average molecular weight is 278 g/mol. The third-order valence-electron chi connectivity index (χ3n) is 2.68. The van der Waals surface area contributed by atoms with Gasteiger partial charge in [0.1, 0.15) is 18.0 Å². The van der Waals surface area contributed by atoms with Crippen LogP contribution >= 0.6 is 0 Å². The fourth-order valence-electron chi connectivity index (χ4n) is 1.65. The summed E-state index contributed by atoms with van der Waals surface area (Å²) in [6.45, 7) is 3.26. The lowest BCUT2D eigenvalue weighted by atomic mass is 10.2. The molecule has 6 heteroatoms. The highest BCUT2D eigenvalue weighted by molar-refractivity contribution is 5.46. The van der Waals surface area contributed by atoms with Crippen molar-refractivity contribution in [2.24, 2.45) is 0 Å². The molecule has 0 aliphatic heterocycles. The van der Waals surface area contributed by atoms with Crippen molar-refractivity contribution in [3.63, 3.8) is 0 Å². The maximum Gasteiger partial charge on any atom is 0.159 e. The van der Waals surface area contributed by atoms with E-state index in [0.29, 0.717) is 17.9 Å². The molecule has 106 valence electrons. The van der Waals surface area contributed by atoms with Gasteiger partial charge in [0, 0.05) is 19.2 Å². The smallest absolute Gasteiger partial charge is 0.159 e. The van der Waals surface area contributed by atoms with Gasteiger partial charge in [-0.25, -0.2) is 18.7 Å². The predicted molar refractivity (Wildman–Crippen MR) is 74.5 cm³/mol. The molecule has 0 unspecified atom stereocenters. The summed E-state index contributed by atoms with van der Waals surface area (Å²) in [6.07, 6.45) is 2.45. The molecule has 0 spiro atoms. The van der Waals surface area contributed by atoms with E-state index < -0.39 is 11.6 Å². The molecule has 2 N–H and O–H groups in total. The Balaban J connectivity index is 1.97. The van der Waals surface area contributed by atoms with Crippen molar-refractivity contribution in [2.75, 3.05) is 17.2 Å². The average Bonchev–Trinajstić information content (AvgIpc) is 2.47. The standard InChI is InChI=1S/C14H16F2N4/c1-2-5-17-13-7-14(20-9-19-13)18-8-10-3-4-11(15)12(16)6-10/h3-4,6-7,9H,2,5,8H2,1H3,(H2,17,18,19,20). The number of hydrogen-bond acceptors (Lipinski definition) is 4. The Labute approximate surface area is 116 Å². The van der Waals surface area contributed by atoms with Crippen molar-refractivity contribution in [3.8, 4) is 0 Å². The van der Waals surface area contributed by atoms with Gasteiger partial charge in [0.15, 0.2) is 11.6 Å². The summed E-state index contributed by atoms with van der Waals surface area (Å²) in [7, 11) is 0. The van der Waals surface area contributed by atoms with E-state index >= 15 is 0 Å². The molecule has 4 nitrogen and oxygen atoms in total. The summed E-state index contributed by atoms with van der Waals surface area (Å²) in [6, 6.07) is 5.58. The number of aromatic nitrogens is 2. The summed E-state index contributed by atoms with van der Waals surface area (Å²) in [5.74, 6) is -0.336. The normalized spacial score (nSPS) is 10.3. The minimum Gasteiger partial charge on any atom is -0.370 e. The Kier molecular flexibility index (Phi) is 4.81. The fraction of sp³-hybridized carbons (Fsp3) is 0.286. The van der Waals surface area contributed by atoms with E-state index in [2.05, 4.69) is 27.5 Å². The monoisotopic (exact) mass is 278 g/mol. The molecule has 0 fully saturated rings. The Hall–Kier alpha value is -2.24. The zero-order valence-electron chi connectivity index (χ0n) is 11.2. The topological polar surface area (TPSA) is 49.8 Å². The van der Waals surface area contributed by atoms with Gasteiger partial charge in [0.2, 0.25) is 0 Å². The van der Waals surface area contributed by atoms with Crippen LogP contribution in [0, 0.1) is 11.6 Å². The third kappa shape index (κ3) is 3.88. The highest BCUT2D eigenvalue weighted by atomic mass is 19.2. The van der Waals surface area contributed by atoms with Crippen LogP contribution in [-0.2, 0) is 6.54 Å². The summed E-state index contributed by atoms with van der Waals surface area (Å²) >= 11 is 0. The van der Waals surface area contributed by atoms with Gasteiger partial charge in [0.25, 0.3) is 0 Å². The van der Waals surface area contributed by atoms with E-state index in [9.17, 15) is 8.78 Å². The van der Waals surface area contributed by atoms with Crippen LogP contribution in [0.4, 0.5) is 20.4 Å². The van der Waals surface area contributed by atoms with Gasteiger partial charge in [0.05, 0.1) is 0 Å². The van der Waals surface area contributed by atoms with E-state index in [0.717, 1.165) is 24.8 Å². The number of nitrogens with zero attached hydrogens (tertiary/aromatic N) is 2. The van der Waals surface area contributed by atoms with Crippen LogP contribution in [0.25, 0.3) is 0 Å². The minimum atomic E-state index is -0.850. The second-order valence-corrected chi connectivity index (χ2v) is 4.32. The molecule has 1 aromatic heterocycles. The maximum absolute atomic E-state index is 13.1. The van der Waals surface area contributed by atoms with E-state index in [1.54, 1.807) is 6.07 Å². The van der Waals surface area contributed by atoms with Gasteiger partial charge in [-0.15, -0.1) is 0 Å². The Morgan fingerprint density at radius 1 is 1.00 bits per heavy atom. The molecule has 0 saturated carbocycles. The molecular formula is C14H16F2N4. The first-order chi connectivity index (χ1) is 9.69. The highest BCUT2D eigenvalue weighted by Gasteiger charge is 2.03. The van der Waals surface area contributed by atoms with Crippen LogP contribution in [0.2, 0.25) is 0 Å². The summed E-state index contributed by atoms with van der Waals surface area (Å²) in [4.78, 5) is 8.16. The first-order valence-corrected chi connectivity index (χ1v) is 6.42. The van der Waals surface area contributed by atoms with Crippen molar-refractivity contribution in [1.82, 2.24) is 9.97 Å². The largest absolute Gasteiger partial charge is 0.370 e. The second kappa shape index (κ2) is 6.79. The molecule has 2 aromatic rings. The molecule has 0 bridgehead atoms. The maximum atomic E-state index is 13.1. The third-order valence-corrected chi connectivity index (χ3v) is 2.68. The first kappa shape index (κ1) is 14.2. The molecule has 0 aliphatic rings. The predicted octanol–water partition coefficient (Wildman–Crippen LogP) is 3.19. The summed E-state index contributed by atoms with van der Waals surface area (Å²) in [5.41, 5.74) is 0.644. The molecule has 2 rings (SSSR count). The SMILES string of the molecule is CCCNc1cc(NCc2ccc(F)c(F)c2)ncn1. The van der Waals surface area contributed by atoms with E-state index in [4.69, 9.17) is 0 Å². The van der Waals surface area contributed by atoms with Crippen LogP contribution in [-0.4, -0.2) is 16.5 Å². The fourth-order valence-corrected chi connectivity index (χ4v) is 1.65. The number of rotatable bonds is 6. The van der Waals surface area contributed by atoms with Crippen molar-refractivity contribution in [2.45, 2.75) is 19.9 Å². The van der Waals surface area contributed by atoms with E-state index in [1.807, 2.05) is 0 Å². The Morgan fingerprint density at radius 2 is 1.75 bits per heavy atom. The quantitative estimate of drug-likeness (QED) is 0.852. The van der Waals surface area contributed by atoms with Gasteiger partial charge >= 0.3 is 0 Å². The number of halogens is 2. The Bertz CT molecular complexity index is 575. The molecule has 0 aliphatic carbocycles. The minimum absolute atomic E-state index is 0.363. The van der Waals surface area contributed by atoms with Crippen LogP contribution in [0.5, 0.6) is 0 Å². The molecule has 0 radical (unpaired) electrons. The van der Waals surface area contributed by atoms with Crippen LogP contribution in [0.1, 0.15) is 18.9 Å². The number of anilines is 2. The first-order valence-electron chi connectivity index (χ1n) is 6.42. The van der Waals surface area contributed by atoms with Crippen molar-refractivity contribution in [1.29, 1.82) is 0 Å². The molecule has 0 atom stereocenters. The van der Waals surface area contributed by atoms with Crippen molar-refractivity contribution in [3.05, 3.63) is 47.8 Å². The molecule has 0 amide bonds. The lowest BCUT2D eigenvalue weighted by Gasteiger charge is -2.08. The van der Waals surface area contributed by atoms with Gasteiger partial charge in [-0.1, -0.05) is 13.0 Å². The van der Waals surface area contributed by atoms with Crippen LogP contribution in [0.15, 0.2) is 30.6 Å². The number of benzene rings is 1. The number of nitrogens with one attached hydrogen (secondary N) is 2. The lowest BCUT2D eigenvalue weighted by Crippen LogP contribution is -2.06. The number of hydrogen-bond donors (Lipinski definition) is 2. The lowest BCUT2D eigenvalue weighted by molar-refractivity contribution is 0.507. The second-order valence-electron chi connectivity index (χ2n) is 4.32. The molecule has 0 saturated heterocycles. The summed E-state index contributed by atoms with van der Waals surface area (Å²) < 4.78 is 25.9. The van der Waals surface area contributed by atoms with Crippen molar-refractivity contribution < 1.29 is 8.78 Å². The van der Waals surface area contributed by atoms with Gasteiger partial charge in [-0.2, -0.15) is 0 Å². The van der Waals surface area contributed by atoms with Gasteiger partial charge < -0.3 is 10.6 Å². The van der Waals surface area contributed by atoms with E-state index in [-0.39, 0.29) is 0 Å². The molecule has 20 heavy (non-hydrogen) atoms.